The van der Waals surface area contributed by atoms with Gasteiger partial charge in [-0.25, -0.2) is 8.42 Å². The first-order chi connectivity index (χ1) is 12.3. The van der Waals surface area contributed by atoms with E-state index in [1.54, 1.807) is 9.80 Å². The molecule has 0 N–H and O–H groups in total. The monoisotopic (exact) mass is 379 g/mol. The molecule has 2 heterocycles. The number of rotatable bonds is 5. The van der Waals surface area contributed by atoms with Crippen LogP contribution in [0.1, 0.15) is 12.0 Å². The van der Waals surface area contributed by atoms with Gasteiger partial charge in [-0.3, -0.25) is 9.59 Å². The zero-order valence-corrected chi connectivity index (χ0v) is 15.8. The van der Waals surface area contributed by atoms with Crippen LogP contribution in [0.15, 0.2) is 30.3 Å². The summed E-state index contributed by atoms with van der Waals surface area (Å²) in [6.45, 7) is 2.07. The van der Waals surface area contributed by atoms with Crippen LogP contribution in [0, 0.1) is 5.92 Å². The molecule has 2 fully saturated rings. The topological polar surface area (TPSA) is 78.0 Å². The lowest BCUT2D eigenvalue weighted by molar-refractivity contribution is -0.139. The van der Waals surface area contributed by atoms with E-state index in [2.05, 4.69) is 12.1 Å². The van der Waals surface area contributed by atoms with Gasteiger partial charge in [-0.1, -0.05) is 30.3 Å². The molecule has 2 aliphatic heterocycles. The highest BCUT2D eigenvalue weighted by Crippen LogP contribution is 2.22. The van der Waals surface area contributed by atoms with Gasteiger partial charge in [0.2, 0.25) is 21.8 Å². The smallest absolute Gasteiger partial charge is 0.242 e. The molecular formula is C18H25N3O4S. The van der Waals surface area contributed by atoms with Crippen LogP contribution in [-0.4, -0.2) is 79.9 Å². The molecule has 1 atom stereocenters. The minimum Gasteiger partial charge on any atom is -0.339 e. The minimum absolute atomic E-state index is 0.0223. The summed E-state index contributed by atoms with van der Waals surface area (Å²) >= 11 is 0. The predicted molar refractivity (Wildman–Crippen MR) is 97.8 cm³/mol. The Hall–Kier alpha value is -1.93. The van der Waals surface area contributed by atoms with Gasteiger partial charge in [-0.2, -0.15) is 4.31 Å². The Labute approximate surface area is 154 Å². The van der Waals surface area contributed by atoms with Crippen LogP contribution >= 0.6 is 0 Å². The number of hydrogen-bond donors (Lipinski definition) is 0. The molecule has 0 unspecified atom stereocenters. The number of amides is 2. The van der Waals surface area contributed by atoms with Crippen LogP contribution in [0.25, 0.3) is 0 Å². The number of carbonyl (C=O) groups is 2. The molecular weight excluding hydrogens is 354 g/mol. The van der Waals surface area contributed by atoms with Crippen molar-refractivity contribution in [2.45, 2.75) is 12.8 Å². The van der Waals surface area contributed by atoms with Crippen molar-refractivity contribution in [1.29, 1.82) is 0 Å². The average Bonchev–Trinajstić information content (AvgIpc) is 2.94. The first-order valence-electron chi connectivity index (χ1n) is 8.87. The number of sulfonamides is 1. The van der Waals surface area contributed by atoms with E-state index in [-0.39, 0.29) is 24.3 Å². The summed E-state index contributed by atoms with van der Waals surface area (Å²) in [5, 5.41) is 0. The van der Waals surface area contributed by atoms with Gasteiger partial charge < -0.3 is 9.80 Å². The lowest BCUT2D eigenvalue weighted by Crippen LogP contribution is -2.52. The van der Waals surface area contributed by atoms with E-state index < -0.39 is 10.0 Å². The Morgan fingerprint density at radius 3 is 2.38 bits per heavy atom. The number of piperazine rings is 1. The lowest BCUT2D eigenvalue weighted by atomic mass is 9.99. The van der Waals surface area contributed by atoms with Crippen LogP contribution in [0.3, 0.4) is 0 Å². The van der Waals surface area contributed by atoms with Crippen LogP contribution in [0.5, 0.6) is 0 Å². The highest BCUT2D eigenvalue weighted by atomic mass is 32.2. The van der Waals surface area contributed by atoms with Gasteiger partial charge in [0.05, 0.1) is 12.8 Å². The van der Waals surface area contributed by atoms with Crippen molar-refractivity contribution in [3.63, 3.8) is 0 Å². The third kappa shape index (κ3) is 4.62. The van der Waals surface area contributed by atoms with E-state index in [0.717, 1.165) is 6.42 Å². The van der Waals surface area contributed by atoms with Crippen LogP contribution in [0.4, 0.5) is 0 Å². The molecule has 2 amide bonds. The summed E-state index contributed by atoms with van der Waals surface area (Å²) in [5.41, 5.74) is 1.20. The molecule has 0 aliphatic carbocycles. The Balaban J connectivity index is 1.50. The summed E-state index contributed by atoms with van der Waals surface area (Å²) in [7, 11) is -3.21. The van der Waals surface area contributed by atoms with Crippen molar-refractivity contribution in [2.24, 2.45) is 5.92 Å². The number of likely N-dealkylation sites (tertiary alicyclic amines) is 1. The number of benzene rings is 1. The molecule has 7 nitrogen and oxygen atoms in total. The normalized spacial score (nSPS) is 22.0. The Bertz CT molecular complexity index is 758. The van der Waals surface area contributed by atoms with Gasteiger partial charge in [0, 0.05) is 39.1 Å². The summed E-state index contributed by atoms with van der Waals surface area (Å²) < 4.78 is 24.5. The molecule has 0 bridgehead atoms. The van der Waals surface area contributed by atoms with Crippen molar-refractivity contribution in [3.8, 4) is 0 Å². The number of carbonyl (C=O) groups excluding carboxylic acids is 2. The quantitative estimate of drug-likeness (QED) is 0.731. The van der Waals surface area contributed by atoms with E-state index in [9.17, 15) is 18.0 Å². The summed E-state index contributed by atoms with van der Waals surface area (Å²) in [4.78, 5) is 28.0. The highest BCUT2D eigenvalue weighted by Gasteiger charge is 2.33. The van der Waals surface area contributed by atoms with Gasteiger partial charge in [0.1, 0.15) is 0 Å². The molecule has 1 aromatic rings. The second-order valence-electron chi connectivity index (χ2n) is 7.08. The summed E-state index contributed by atoms with van der Waals surface area (Å²) in [5.74, 6) is 0.153. The third-order valence-electron chi connectivity index (χ3n) is 5.05. The van der Waals surface area contributed by atoms with E-state index in [4.69, 9.17) is 0 Å². The second-order valence-corrected chi connectivity index (χ2v) is 9.06. The van der Waals surface area contributed by atoms with Crippen molar-refractivity contribution in [3.05, 3.63) is 35.9 Å². The fourth-order valence-electron chi connectivity index (χ4n) is 3.62. The molecule has 1 aromatic carbocycles. The molecule has 0 aromatic heterocycles. The molecule has 26 heavy (non-hydrogen) atoms. The summed E-state index contributed by atoms with van der Waals surface area (Å²) in [6.07, 6.45) is 2.49. The largest absolute Gasteiger partial charge is 0.339 e. The van der Waals surface area contributed by atoms with Crippen molar-refractivity contribution in [2.75, 3.05) is 45.5 Å². The molecule has 3 rings (SSSR count). The highest BCUT2D eigenvalue weighted by molar-refractivity contribution is 7.88. The van der Waals surface area contributed by atoms with Gasteiger partial charge in [-0.05, 0) is 17.9 Å². The van der Waals surface area contributed by atoms with Crippen molar-refractivity contribution < 1.29 is 18.0 Å². The fraction of sp³-hybridized carbons (Fsp3) is 0.556. The first-order valence-corrected chi connectivity index (χ1v) is 10.7. The van der Waals surface area contributed by atoms with Gasteiger partial charge in [0.25, 0.3) is 0 Å². The molecule has 0 radical (unpaired) electrons. The molecule has 142 valence electrons. The Morgan fingerprint density at radius 2 is 1.77 bits per heavy atom. The predicted octanol–water partition coefficient (Wildman–Crippen LogP) is 0.181. The maximum atomic E-state index is 12.5. The maximum absolute atomic E-state index is 12.5. The molecule has 0 saturated carbocycles. The van der Waals surface area contributed by atoms with Gasteiger partial charge in [-0.15, -0.1) is 0 Å². The van der Waals surface area contributed by atoms with Crippen molar-refractivity contribution >= 4 is 21.8 Å². The zero-order valence-electron chi connectivity index (χ0n) is 15.0. The van der Waals surface area contributed by atoms with Gasteiger partial charge in [0.15, 0.2) is 0 Å². The van der Waals surface area contributed by atoms with E-state index in [0.29, 0.717) is 39.1 Å². The third-order valence-corrected chi connectivity index (χ3v) is 6.35. The molecule has 2 aliphatic rings. The molecule has 2 saturated heterocycles. The van der Waals surface area contributed by atoms with Gasteiger partial charge >= 0.3 is 0 Å². The molecule has 8 heteroatoms. The Morgan fingerprint density at radius 1 is 1.12 bits per heavy atom. The Kier molecular flexibility index (Phi) is 5.62. The second kappa shape index (κ2) is 7.75. The van der Waals surface area contributed by atoms with E-state index in [1.807, 2.05) is 18.2 Å². The van der Waals surface area contributed by atoms with Crippen LogP contribution < -0.4 is 0 Å². The zero-order chi connectivity index (χ0) is 18.7. The van der Waals surface area contributed by atoms with Crippen LogP contribution in [-0.2, 0) is 26.0 Å². The number of nitrogens with zero attached hydrogens (tertiary/aromatic N) is 3. The maximum Gasteiger partial charge on any atom is 0.242 e. The average molecular weight is 379 g/mol. The minimum atomic E-state index is -3.21. The lowest BCUT2D eigenvalue weighted by Gasteiger charge is -2.34. The molecule has 0 spiro atoms. The fourth-order valence-corrected chi connectivity index (χ4v) is 4.45. The first kappa shape index (κ1) is 18.8. The van der Waals surface area contributed by atoms with Crippen LogP contribution in [0.2, 0.25) is 0 Å². The van der Waals surface area contributed by atoms with E-state index >= 15 is 0 Å². The number of hydrogen-bond acceptors (Lipinski definition) is 4. The summed E-state index contributed by atoms with van der Waals surface area (Å²) in [6, 6.07) is 10.1. The SMILES string of the molecule is CS(=O)(=O)N1CCN(C(=O)CN2C[C@H](Cc3ccccc3)CC2=O)CC1. The standard InChI is InChI=1S/C18H25N3O4S/c1-26(24,25)21-9-7-19(8-10-21)18(23)14-20-13-16(12-17(20)22)11-15-5-3-2-4-6-15/h2-6,16H,7-14H2,1H3/t16-/m1/s1. The van der Waals surface area contributed by atoms with Crippen molar-refractivity contribution in [1.82, 2.24) is 14.1 Å². The van der Waals surface area contributed by atoms with E-state index in [1.165, 1.54) is 16.1 Å².